The Morgan fingerprint density at radius 3 is 2.27 bits per heavy atom. The van der Waals surface area contributed by atoms with Gasteiger partial charge in [-0.1, -0.05) is 30.3 Å². The number of carbonyl (C=O) groups excluding carboxylic acids is 2. The molecule has 0 unspecified atom stereocenters. The van der Waals surface area contributed by atoms with Crippen molar-refractivity contribution in [3.8, 4) is 0 Å². The van der Waals surface area contributed by atoms with Gasteiger partial charge in [-0.25, -0.2) is 0 Å². The molecule has 0 saturated carbocycles. The Morgan fingerprint density at radius 1 is 1.04 bits per heavy atom. The summed E-state index contributed by atoms with van der Waals surface area (Å²) in [5.41, 5.74) is 9.09. The minimum Gasteiger partial charge on any atom is -0.481 e. The number of Topliss-reactive ketones (excluding diaryl/α,β-unsaturated/α-hetero) is 1. The summed E-state index contributed by atoms with van der Waals surface area (Å²) in [6, 6.07) is 9.84. The first-order valence-corrected chi connectivity index (χ1v) is 8.61. The number of carboxylic acids is 1. The zero-order valence-electron chi connectivity index (χ0n) is 15.1. The van der Waals surface area contributed by atoms with Gasteiger partial charge in [0.1, 0.15) is 0 Å². The third kappa shape index (κ3) is 4.39. The Morgan fingerprint density at radius 2 is 1.69 bits per heavy atom. The van der Waals surface area contributed by atoms with Gasteiger partial charge in [-0.05, 0) is 44.2 Å². The SMILES string of the molecule is Cc1c(CCCCC(=O)O)c(C(=O)C(N)=O)c(C)n1Cc1ccccc1. The van der Waals surface area contributed by atoms with Crippen molar-refractivity contribution in [2.45, 2.75) is 46.1 Å². The van der Waals surface area contributed by atoms with Crippen LogP contribution < -0.4 is 5.73 Å². The van der Waals surface area contributed by atoms with E-state index in [4.69, 9.17) is 10.8 Å². The number of carbonyl (C=O) groups is 3. The minimum atomic E-state index is -0.975. The largest absolute Gasteiger partial charge is 0.481 e. The first-order chi connectivity index (χ1) is 12.3. The lowest BCUT2D eigenvalue weighted by Crippen LogP contribution is -2.24. The summed E-state index contributed by atoms with van der Waals surface area (Å²) < 4.78 is 2.01. The molecule has 1 aromatic heterocycles. The number of aliphatic carboxylic acids is 1. The second-order valence-corrected chi connectivity index (χ2v) is 6.39. The lowest BCUT2D eigenvalue weighted by Gasteiger charge is -2.10. The van der Waals surface area contributed by atoms with Crippen molar-refractivity contribution in [1.29, 1.82) is 0 Å². The van der Waals surface area contributed by atoms with Crippen LogP contribution in [0.15, 0.2) is 30.3 Å². The molecule has 1 aromatic carbocycles. The van der Waals surface area contributed by atoms with Gasteiger partial charge in [0, 0.05) is 24.4 Å². The number of carboxylic acid groups (broad SMARTS) is 1. The highest BCUT2D eigenvalue weighted by molar-refractivity contribution is 6.43. The number of aromatic nitrogens is 1. The number of nitrogens with zero attached hydrogens (tertiary/aromatic N) is 1. The number of rotatable bonds is 9. The van der Waals surface area contributed by atoms with Gasteiger partial charge < -0.3 is 15.4 Å². The molecule has 0 aliphatic heterocycles. The van der Waals surface area contributed by atoms with Crippen molar-refractivity contribution in [2.75, 3.05) is 0 Å². The summed E-state index contributed by atoms with van der Waals surface area (Å²) in [5.74, 6) is -2.50. The van der Waals surface area contributed by atoms with E-state index in [0.29, 0.717) is 37.1 Å². The van der Waals surface area contributed by atoms with Gasteiger partial charge >= 0.3 is 5.97 Å². The van der Waals surface area contributed by atoms with Crippen molar-refractivity contribution in [3.63, 3.8) is 0 Å². The molecule has 2 rings (SSSR count). The van der Waals surface area contributed by atoms with Crippen LogP contribution in [-0.4, -0.2) is 27.3 Å². The van der Waals surface area contributed by atoms with Gasteiger partial charge in [0.05, 0.1) is 5.56 Å². The maximum Gasteiger partial charge on any atom is 0.303 e. The molecule has 2 aromatic rings. The Balaban J connectivity index is 2.37. The molecule has 6 heteroatoms. The molecule has 0 atom stereocenters. The van der Waals surface area contributed by atoms with E-state index in [9.17, 15) is 14.4 Å². The topological polar surface area (TPSA) is 102 Å². The Bertz CT molecular complexity index is 822. The average molecular weight is 356 g/mol. The van der Waals surface area contributed by atoms with E-state index >= 15 is 0 Å². The number of amides is 1. The molecule has 1 amide bonds. The molecule has 0 fully saturated rings. The first kappa shape index (κ1) is 19.4. The van der Waals surface area contributed by atoms with E-state index in [-0.39, 0.29) is 6.42 Å². The fourth-order valence-corrected chi connectivity index (χ4v) is 3.26. The van der Waals surface area contributed by atoms with Crippen LogP contribution in [0.2, 0.25) is 0 Å². The molecule has 0 saturated heterocycles. The zero-order valence-corrected chi connectivity index (χ0v) is 15.1. The fraction of sp³-hybridized carbons (Fsp3) is 0.350. The van der Waals surface area contributed by atoms with Gasteiger partial charge in [0.25, 0.3) is 11.7 Å². The van der Waals surface area contributed by atoms with Crippen LogP contribution in [-0.2, 0) is 22.6 Å². The summed E-state index contributed by atoms with van der Waals surface area (Å²) in [6.45, 7) is 4.32. The van der Waals surface area contributed by atoms with Crippen molar-refractivity contribution < 1.29 is 19.5 Å². The van der Waals surface area contributed by atoms with Crippen molar-refractivity contribution in [3.05, 3.63) is 58.4 Å². The maximum absolute atomic E-state index is 12.4. The third-order valence-electron chi connectivity index (χ3n) is 4.61. The second kappa shape index (κ2) is 8.47. The lowest BCUT2D eigenvalue weighted by atomic mass is 9.99. The van der Waals surface area contributed by atoms with E-state index in [2.05, 4.69) is 0 Å². The normalized spacial score (nSPS) is 10.7. The zero-order chi connectivity index (χ0) is 19.3. The number of hydrogen-bond acceptors (Lipinski definition) is 3. The summed E-state index contributed by atoms with van der Waals surface area (Å²) in [5, 5.41) is 8.77. The average Bonchev–Trinajstić information content (AvgIpc) is 2.83. The predicted octanol–water partition coefficient (Wildman–Crippen LogP) is 2.62. The standard InChI is InChI=1S/C20H24N2O4/c1-13-16(10-6-7-11-17(23)24)18(19(25)20(21)26)14(2)22(13)12-15-8-4-3-5-9-15/h3-5,8-9H,6-7,10-12H2,1-2H3,(H2,21,26)(H,23,24). The van der Waals surface area contributed by atoms with E-state index in [0.717, 1.165) is 16.8 Å². The predicted molar refractivity (Wildman–Crippen MR) is 98.2 cm³/mol. The van der Waals surface area contributed by atoms with Gasteiger partial charge in [0.15, 0.2) is 0 Å². The van der Waals surface area contributed by atoms with Crippen LogP contribution in [0, 0.1) is 13.8 Å². The van der Waals surface area contributed by atoms with E-state index in [1.54, 1.807) is 0 Å². The molecule has 1 heterocycles. The molecule has 3 N–H and O–H groups in total. The highest BCUT2D eigenvalue weighted by atomic mass is 16.4. The van der Waals surface area contributed by atoms with E-state index in [1.807, 2.05) is 48.7 Å². The van der Waals surface area contributed by atoms with Crippen molar-refractivity contribution in [2.24, 2.45) is 5.73 Å². The maximum atomic E-state index is 12.4. The molecule has 138 valence electrons. The summed E-state index contributed by atoms with van der Waals surface area (Å²) in [4.78, 5) is 34.5. The fourth-order valence-electron chi connectivity index (χ4n) is 3.26. The van der Waals surface area contributed by atoms with Gasteiger partial charge in [-0.15, -0.1) is 0 Å². The van der Waals surface area contributed by atoms with Crippen LogP contribution in [0.5, 0.6) is 0 Å². The molecule has 0 radical (unpaired) electrons. The number of benzene rings is 1. The molecule has 0 bridgehead atoms. The quantitative estimate of drug-likeness (QED) is 0.409. The molecule has 0 aliphatic carbocycles. The molecule has 26 heavy (non-hydrogen) atoms. The Kier molecular flexibility index (Phi) is 6.33. The highest BCUT2D eigenvalue weighted by Gasteiger charge is 2.25. The first-order valence-electron chi connectivity index (χ1n) is 8.61. The van der Waals surface area contributed by atoms with Crippen LogP contribution >= 0.6 is 0 Å². The lowest BCUT2D eigenvalue weighted by molar-refractivity contribution is -0.137. The molecule has 0 spiro atoms. The van der Waals surface area contributed by atoms with Crippen LogP contribution in [0.4, 0.5) is 0 Å². The van der Waals surface area contributed by atoms with Crippen LogP contribution in [0.3, 0.4) is 0 Å². The van der Waals surface area contributed by atoms with E-state index < -0.39 is 17.7 Å². The van der Waals surface area contributed by atoms with Crippen molar-refractivity contribution in [1.82, 2.24) is 4.57 Å². The Hall–Kier alpha value is -2.89. The number of hydrogen-bond donors (Lipinski definition) is 2. The molecular weight excluding hydrogens is 332 g/mol. The Labute approximate surface area is 152 Å². The second-order valence-electron chi connectivity index (χ2n) is 6.39. The smallest absolute Gasteiger partial charge is 0.303 e. The van der Waals surface area contributed by atoms with Crippen LogP contribution in [0.1, 0.15) is 52.1 Å². The third-order valence-corrected chi connectivity index (χ3v) is 4.61. The summed E-state index contributed by atoms with van der Waals surface area (Å²) in [6.07, 6.45) is 1.76. The number of nitrogens with two attached hydrogens (primary N) is 1. The van der Waals surface area contributed by atoms with Crippen molar-refractivity contribution >= 4 is 17.7 Å². The molecular formula is C20H24N2O4. The van der Waals surface area contributed by atoms with Gasteiger partial charge in [-0.2, -0.15) is 0 Å². The van der Waals surface area contributed by atoms with Gasteiger partial charge in [-0.3, -0.25) is 14.4 Å². The highest BCUT2D eigenvalue weighted by Crippen LogP contribution is 2.26. The summed E-state index contributed by atoms with van der Waals surface area (Å²) in [7, 11) is 0. The number of unbranched alkanes of at least 4 members (excludes halogenated alkanes) is 1. The number of ketones is 1. The molecule has 6 nitrogen and oxygen atoms in total. The minimum absolute atomic E-state index is 0.0852. The monoisotopic (exact) mass is 356 g/mol. The molecule has 0 aliphatic rings. The number of primary amides is 1. The van der Waals surface area contributed by atoms with E-state index in [1.165, 1.54) is 0 Å². The summed E-state index contributed by atoms with van der Waals surface area (Å²) >= 11 is 0. The van der Waals surface area contributed by atoms with Gasteiger partial charge in [0.2, 0.25) is 0 Å². The van der Waals surface area contributed by atoms with Crippen LogP contribution in [0.25, 0.3) is 0 Å².